The zero-order chi connectivity index (χ0) is 14.6. The van der Waals surface area contributed by atoms with Crippen molar-refractivity contribution in [3.8, 4) is 0 Å². The van der Waals surface area contributed by atoms with Crippen LogP contribution in [-0.2, 0) is 0 Å². The molecule has 0 aromatic heterocycles. The standard InChI is InChI=1S/C16H34.C2H6/c1-7-13(3)9-11-15(5)16(6)12-10-14(4)8-2;1-2/h13-16H,7-12H2,1-6H3;1-2H3. The van der Waals surface area contributed by atoms with Crippen molar-refractivity contribution in [2.75, 3.05) is 0 Å². The van der Waals surface area contributed by atoms with Gasteiger partial charge >= 0.3 is 0 Å². The Labute approximate surface area is 118 Å². The summed E-state index contributed by atoms with van der Waals surface area (Å²) < 4.78 is 0. The second-order valence-electron chi connectivity index (χ2n) is 6.14. The minimum atomic E-state index is 0.915. The molecule has 4 unspecified atom stereocenters. The molecule has 112 valence electrons. The van der Waals surface area contributed by atoms with Crippen LogP contribution in [0.25, 0.3) is 0 Å². The van der Waals surface area contributed by atoms with E-state index in [9.17, 15) is 0 Å². The van der Waals surface area contributed by atoms with Crippen molar-refractivity contribution in [3.63, 3.8) is 0 Å². The average Bonchev–Trinajstić information content (AvgIpc) is 2.43. The van der Waals surface area contributed by atoms with Gasteiger partial charge in [-0.05, 0) is 23.7 Å². The Hall–Kier alpha value is 0. The molecule has 0 nitrogen and oxygen atoms in total. The molecular formula is C18H40. The van der Waals surface area contributed by atoms with Crippen molar-refractivity contribution < 1.29 is 0 Å². The van der Waals surface area contributed by atoms with Gasteiger partial charge in [0.1, 0.15) is 0 Å². The van der Waals surface area contributed by atoms with Crippen LogP contribution >= 0.6 is 0 Å². The van der Waals surface area contributed by atoms with Gasteiger partial charge in [-0.2, -0.15) is 0 Å². The van der Waals surface area contributed by atoms with E-state index < -0.39 is 0 Å². The molecule has 0 N–H and O–H groups in total. The largest absolute Gasteiger partial charge is 0.0683 e. The monoisotopic (exact) mass is 256 g/mol. The minimum Gasteiger partial charge on any atom is -0.0683 e. The van der Waals surface area contributed by atoms with Crippen LogP contribution in [0.1, 0.15) is 93.9 Å². The van der Waals surface area contributed by atoms with E-state index in [-0.39, 0.29) is 0 Å². The lowest BCUT2D eigenvalue weighted by Crippen LogP contribution is -2.11. The van der Waals surface area contributed by atoms with Gasteiger partial charge in [0.25, 0.3) is 0 Å². The summed E-state index contributed by atoms with van der Waals surface area (Å²) in [7, 11) is 0. The van der Waals surface area contributed by atoms with Gasteiger partial charge in [-0.3, -0.25) is 0 Å². The molecule has 0 aliphatic rings. The maximum Gasteiger partial charge on any atom is -0.0417 e. The summed E-state index contributed by atoms with van der Waals surface area (Å²) in [6.45, 7) is 18.3. The van der Waals surface area contributed by atoms with Gasteiger partial charge in [0.05, 0.1) is 0 Å². The first kappa shape index (κ1) is 20.3. The third-order valence-corrected chi connectivity index (χ3v) is 4.59. The van der Waals surface area contributed by atoms with Gasteiger partial charge in [-0.25, -0.2) is 0 Å². The molecule has 0 aliphatic carbocycles. The highest BCUT2D eigenvalue weighted by molar-refractivity contribution is 4.65. The first-order chi connectivity index (χ1) is 8.51. The lowest BCUT2D eigenvalue weighted by Gasteiger charge is -2.22. The highest BCUT2D eigenvalue weighted by atomic mass is 14.2. The molecule has 0 aromatic rings. The van der Waals surface area contributed by atoms with Crippen molar-refractivity contribution in [2.24, 2.45) is 23.7 Å². The normalized spacial score (nSPS) is 17.3. The molecule has 0 saturated heterocycles. The molecule has 0 saturated carbocycles. The van der Waals surface area contributed by atoms with Gasteiger partial charge in [0.2, 0.25) is 0 Å². The summed E-state index contributed by atoms with van der Waals surface area (Å²) in [6.07, 6.45) is 8.38. The molecule has 0 heteroatoms. The fourth-order valence-electron chi connectivity index (χ4n) is 2.07. The maximum absolute atomic E-state index is 2.45. The van der Waals surface area contributed by atoms with Crippen LogP contribution in [0.5, 0.6) is 0 Å². The SMILES string of the molecule is CC.CCC(C)CCC(C)C(C)CCC(C)CC. The van der Waals surface area contributed by atoms with Gasteiger partial charge in [-0.15, -0.1) is 0 Å². The van der Waals surface area contributed by atoms with Crippen LogP contribution in [0.3, 0.4) is 0 Å². The topological polar surface area (TPSA) is 0 Å². The fourth-order valence-corrected chi connectivity index (χ4v) is 2.07. The second kappa shape index (κ2) is 13.4. The molecule has 0 heterocycles. The van der Waals surface area contributed by atoms with E-state index in [4.69, 9.17) is 0 Å². The second-order valence-corrected chi connectivity index (χ2v) is 6.14. The fraction of sp³-hybridized carbons (Fsp3) is 1.00. The molecule has 18 heavy (non-hydrogen) atoms. The molecule has 4 atom stereocenters. The third-order valence-electron chi connectivity index (χ3n) is 4.59. The number of rotatable bonds is 9. The van der Waals surface area contributed by atoms with Crippen molar-refractivity contribution in [3.05, 3.63) is 0 Å². The predicted octanol–water partition coefficient (Wildman–Crippen LogP) is 6.94. The van der Waals surface area contributed by atoms with Crippen molar-refractivity contribution in [2.45, 2.75) is 93.9 Å². The van der Waals surface area contributed by atoms with Crippen LogP contribution in [0.2, 0.25) is 0 Å². The van der Waals surface area contributed by atoms with E-state index >= 15 is 0 Å². The van der Waals surface area contributed by atoms with E-state index in [2.05, 4.69) is 41.5 Å². The summed E-state index contributed by atoms with van der Waals surface area (Å²) in [5, 5.41) is 0. The molecule has 0 aliphatic heterocycles. The molecule has 0 amide bonds. The van der Waals surface area contributed by atoms with Crippen LogP contribution in [-0.4, -0.2) is 0 Å². The highest BCUT2D eigenvalue weighted by Gasteiger charge is 2.14. The Kier molecular flexibility index (Phi) is 15.2. The van der Waals surface area contributed by atoms with E-state index in [0.29, 0.717) is 0 Å². The summed E-state index contributed by atoms with van der Waals surface area (Å²) >= 11 is 0. The van der Waals surface area contributed by atoms with Crippen molar-refractivity contribution in [1.82, 2.24) is 0 Å². The zero-order valence-electron chi connectivity index (χ0n) is 14.6. The quantitative estimate of drug-likeness (QED) is 0.419. The molecule has 0 rings (SSSR count). The van der Waals surface area contributed by atoms with E-state index in [1.54, 1.807) is 0 Å². The Balaban J connectivity index is 0. The molecule has 0 aromatic carbocycles. The third kappa shape index (κ3) is 11.1. The first-order valence-corrected chi connectivity index (χ1v) is 8.51. The van der Waals surface area contributed by atoms with Gasteiger partial charge in [-0.1, -0.05) is 93.9 Å². The maximum atomic E-state index is 2.45. The summed E-state index contributed by atoms with van der Waals surface area (Å²) in [6, 6.07) is 0. The predicted molar refractivity (Wildman–Crippen MR) is 87.1 cm³/mol. The molecular weight excluding hydrogens is 216 g/mol. The van der Waals surface area contributed by atoms with Crippen molar-refractivity contribution >= 4 is 0 Å². The average molecular weight is 257 g/mol. The lowest BCUT2D eigenvalue weighted by atomic mass is 9.84. The minimum absolute atomic E-state index is 0.915. The Morgan fingerprint density at radius 3 is 1.06 bits per heavy atom. The van der Waals surface area contributed by atoms with Crippen LogP contribution in [0, 0.1) is 23.7 Å². The zero-order valence-corrected chi connectivity index (χ0v) is 14.6. The summed E-state index contributed by atoms with van der Waals surface area (Å²) in [5.41, 5.74) is 0. The molecule has 0 radical (unpaired) electrons. The van der Waals surface area contributed by atoms with Crippen molar-refractivity contribution in [1.29, 1.82) is 0 Å². The molecule has 0 spiro atoms. The van der Waals surface area contributed by atoms with Gasteiger partial charge < -0.3 is 0 Å². The summed E-state index contributed by atoms with van der Waals surface area (Å²) in [5.74, 6) is 3.67. The Morgan fingerprint density at radius 2 is 0.833 bits per heavy atom. The first-order valence-electron chi connectivity index (χ1n) is 8.51. The summed E-state index contributed by atoms with van der Waals surface area (Å²) in [4.78, 5) is 0. The Morgan fingerprint density at radius 1 is 0.556 bits per heavy atom. The van der Waals surface area contributed by atoms with Gasteiger partial charge in [0.15, 0.2) is 0 Å². The molecule has 0 fully saturated rings. The van der Waals surface area contributed by atoms with E-state index in [1.807, 2.05) is 13.8 Å². The smallest absolute Gasteiger partial charge is 0.0417 e. The highest BCUT2D eigenvalue weighted by Crippen LogP contribution is 2.26. The molecule has 0 bridgehead atoms. The van der Waals surface area contributed by atoms with E-state index in [0.717, 1.165) is 23.7 Å². The van der Waals surface area contributed by atoms with Gasteiger partial charge in [0, 0.05) is 0 Å². The van der Waals surface area contributed by atoms with E-state index in [1.165, 1.54) is 38.5 Å². The van der Waals surface area contributed by atoms with Crippen LogP contribution < -0.4 is 0 Å². The van der Waals surface area contributed by atoms with Crippen LogP contribution in [0.4, 0.5) is 0 Å². The number of hydrogen-bond donors (Lipinski definition) is 0. The Bertz CT molecular complexity index is 132. The number of hydrogen-bond acceptors (Lipinski definition) is 0. The van der Waals surface area contributed by atoms with Crippen LogP contribution in [0.15, 0.2) is 0 Å². The lowest BCUT2D eigenvalue weighted by molar-refractivity contribution is 0.293.